The summed E-state index contributed by atoms with van der Waals surface area (Å²) in [6.45, 7) is 13.3. The highest BCUT2D eigenvalue weighted by Gasteiger charge is 2.38. The summed E-state index contributed by atoms with van der Waals surface area (Å²) in [4.78, 5) is 23.0. The van der Waals surface area contributed by atoms with Gasteiger partial charge in [0.25, 0.3) is 0 Å². The molecule has 0 aromatic rings. The average molecular weight is 407 g/mol. The number of rotatable bonds is 8. The fraction of sp³-hybridized carbons (Fsp3) is 0.800. The smallest absolute Gasteiger partial charge is 0.311 e. The van der Waals surface area contributed by atoms with Gasteiger partial charge in [0.1, 0.15) is 11.7 Å². The van der Waals surface area contributed by atoms with Gasteiger partial charge in [-0.05, 0) is 90.4 Å². The van der Waals surface area contributed by atoms with Gasteiger partial charge in [-0.1, -0.05) is 37.1 Å². The Bertz CT molecular complexity index is 608. The highest BCUT2D eigenvalue weighted by atomic mass is 17.2. The van der Waals surface area contributed by atoms with E-state index < -0.39 is 0 Å². The lowest BCUT2D eigenvalue weighted by molar-refractivity contribution is -0.411. The number of allylic oxidation sites excluding steroid dienone is 4. The number of carbonyl (C=O) groups excluding carboxylic acids is 1. The molecule has 4 heteroatoms. The van der Waals surface area contributed by atoms with E-state index in [1.807, 2.05) is 6.92 Å². The Labute approximate surface area is 178 Å². The normalized spacial score (nSPS) is 31.1. The quantitative estimate of drug-likeness (QED) is 0.260. The molecule has 29 heavy (non-hydrogen) atoms. The van der Waals surface area contributed by atoms with E-state index in [1.54, 1.807) is 5.57 Å². The maximum Gasteiger partial charge on any atom is 0.311 e. The van der Waals surface area contributed by atoms with Crippen molar-refractivity contribution in [1.29, 1.82) is 0 Å². The monoisotopic (exact) mass is 406 g/mol. The van der Waals surface area contributed by atoms with Crippen LogP contribution in [0.2, 0.25) is 0 Å². The molecule has 0 bridgehead atoms. The van der Waals surface area contributed by atoms with E-state index >= 15 is 0 Å². The van der Waals surface area contributed by atoms with Crippen LogP contribution < -0.4 is 0 Å². The maximum absolute atomic E-state index is 11.7. The van der Waals surface area contributed by atoms with E-state index in [9.17, 15) is 4.79 Å². The molecule has 1 fully saturated rings. The molecule has 166 valence electrons. The van der Waals surface area contributed by atoms with Gasteiger partial charge in [0, 0.05) is 0 Å². The van der Waals surface area contributed by atoms with E-state index in [0.29, 0.717) is 11.3 Å². The zero-order valence-electron chi connectivity index (χ0n) is 19.7. The number of ether oxygens (including phenoxy) is 1. The predicted octanol–water partition coefficient (Wildman–Crippen LogP) is 6.55. The van der Waals surface area contributed by atoms with Gasteiger partial charge in [-0.3, -0.25) is 4.79 Å². The number of carbonyl (C=O) groups is 1. The van der Waals surface area contributed by atoms with Gasteiger partial charge >= 0.3 is 5.97 Å². The molecule has 0 N–H and O–H groups in total. The summed E-state index contributed by atoms with van der Waals surface area (Å²) in [5.41, 5.74) is 3.16. The molecule has 0 aromatic carbocycles. The first kappa shape index (κ1) is 24.1. The molecular weight excluding hydrogens is 364 g/mol. The zero-order chi connectivity index (χ0) is 21.7. The molecule has 1 aliphatic heterocycles. The van der Waals surface area contributed by atoms with Crippen molar-refractivity contribution in [2.24, 2.45) is 17.3 Å². The summed E-state index contributed by atoms with van der Waals surface area (Å²) in [6, 6.07) is 0. The number of esters is 1. The van der Waals surface area contributed by atoms with Gasteiger partial charge in [-0.2, -0.15) is 0 Å². The molecule has 1 aliphatic carbocycles. The molecule has 2 aliphatic rings. The lowest BCUT2D eigenvalue weighted by atomic mass is 9.67. The molecule has 0 aromatic heterocycles. The summed E-state index contributed by atoms with van der Waals surface area (Å²) in [5, 5.41) is 0. The van der Waals surface area contributed by atoms with Gasteiger partial charge in [-0.15, -0.1) is 0 Å². The molecule has 2 unspecified atom stereocenters. The Morgan fingerprint density at radius 2 is 2.07 bits per heavy atom. The van der Waals surface area contributed by atoms with Crippen molar-refractivity contribution in [2.75, 3.05) is 7.11 Å². The lowest BCUT2D eigenvalue weighted by Gasteiger charge is -2.38. The van der Waals surface area contributed by atoms with Crippen molar-refractivity contribution in [3.63, 3.8) is 0 Å². The lowest BCUT2D eigenvalue weighted by Crippen LogP contribution is -2.41. The second-order valence-corrected chi connectivity index (χ2v) is 10.2. The standard InChI is InChI=1S/C25H42O4/c1-18(12-13-21-19(2)11-9-15-24(21,4)5)10-8-16-25(6)17-14-22(28-29-25)20(3)23(26)27-7/h11-12,20-22H,8-10,13-17H2,1-7H3/b18-12+/t20-,21?,22?,25-/m0/s1. The van der Waals surface area contributed by atoms with Crippen LogP contribution in [0.15, 0.2) is 23.3 Å². The second-order valence-electron chi connectivity index (χ2n) is 10.2. The van der Waals surface area contributed by atoms with Crippen LogP contribution in [0.25, 0.3) is 0 Å². The van der Waals surface area contributed by atoms with Crippen molar-refractivity contribution in [3.8, 4) is 0 Å². The second kappa shape index (κ2) is 10.3. The first-order valence-corrected chi connectivity index (χ1v) is 11.3. The fourth-order valence-corrected chi connectivity index (χ4v) is 4.82. The van der Waals surface area contributed by atoms with E-state index in [4.69, 9.17) is 14.5 Å². The summed E-state index contributed by atoms with van der Waals surface area (Å²) in [7, 11) is 1.41. The van der Waals surface area contributed by atoms with Crippen molar-refractivity contribution in [1.82, 2.24) is 0 Å². The third kappa shape index (κ3) is 6.68. The largest absolute Gasteiger partial charge is 0.469 e. The van der Waals surface area contributed by atoms with Crippen molar-refractivity contribution >= 4 is 5.97 Å². The van der Waals surface area contributed by atoms with Gasteiger partial charge in [0.05, 0.1) is 13.0 Å². The van der Waals surface area contributed by atoms with Crippen LogP contribution in [0.4, 0.5) is 0 Å². The third-order valence-electron chi connectivity index (χ3n) is 7.19. The van der Waals surface area contributed by atoms with Crippen LogP contribution in [-0.4, -0.2) is 24.8 Å². The van der Waals surface area contributed by atoms with Crippen LogP contribution in [-0.2, 0) is 19.3 Å². The van der Waals surface area contributed by atoms with Crippen LogP contribution >= 0.6 is 0 Å². The molecule has 0 saturated carbocycles. The van der Waals surface area contributed by atoms with E-state index in [0.717, 1.165) is 38.5 Å². The Morgan fingerprint density at radius 3 is 2.66 bits per heavy atom. The third-order valence-corrected chi connectivity index (χ3v) is 7.19. The molecule has 2 rings (SSSR count). The summed E-state index contributed by atoms with van der Waals surface area (Å²) in [6.07, 6.45) is 13.2. The van der Waals surface area contributed by atoms with E-state index in [1.165, 1.54) is 25.5 Å². The molecule has 0 amide bonds. The van der Waals surface area contributed by atoms with E-state index in [2.05, 4.69) is 46.8 Å². The van der Waals surface area contributed by atoms with Crippen LogP contribution in [0.5, 0.6) is 0 Å². The predicted molar refractivity (Wildman–Crippen MR) is 117 cm³/mol. The number of methoxy groups -OCH3 is 1. The first-order valence-electron chi connectivity index (χ1n) is 11.3. The minimum atomic E-state index is -0.295. The van der Waals surface area contributed by atoms with Crippen molar-refractivity contribution in [2.45, 2.75) is 105 Å². The molecule has 1 heterocycles. The molecule has 4 nitrogen and oxygen atoms in total. The van der Waals surface area contributed by atoms with Crippen molar-refractivity contribution < 1.29 is 19.3 Å². The Kier molecular flexibility index (Phi) is 8.54. The molecular formula is C25H42O4. The molecule has 0 radical (unpaired) electrons. The Balaban J connectivity index is 1.76. The van der Waals surface area contributed by atoms with Gasteiger partial charge in [0.2, 0.25) is 0 Å². The summed E-state index contributed by atoms with van der Waals surface area (Å²) < 4.78 is 4.81. The Morgan fingerprint density at radius 1 is 1.34 bits per heavy atom. The highest BCUT2D eigenvalue weighted by Crippen LogP contribution is 2.43. The topological polar surface area (TPSA) is 44.8 Å². The van der Waals surface area contributed by atoms with Crippen LogP contribution in [0.1, 0.15) is 92.9 Å². The minimum absolute atomic E-state index is 0.215. The van der Waals surface area contributed by atoms with E-state index in [-0.39, 0.29) is 23.6 Å². The average Bonchev–Trinajstić information content (AvgIpc) is 2.66. The summed E-state index contributed by atoms with van der Waals surface area (Å²) in [5.74, 6) is 0.123. The first-order chi connectivity index (χ1) is 13.6. The zero-order valence-corrected chi connectivity index (χ0v) is 19.7. The molecule has 4 atom stereocenters. The van der Waals surface area contributed by atoms with Crippen LogP contribution in [0.3, 0.4) is 0 Å². The van der Waals surface area contributed by atoms with Gasteiger partial charge < -0.3 is 4.74 Å². The maximum atomic E-state index is 11.7. The Hall–Kier alpha value is -1.13. The SMILES string of the molecule is COC(=O)[C@@H](C)C1CC[C@](C)(CCC/C(C)=C/CC2C(C)=CCCC2(C)C)OO1. The number of hydrogen-bond acceptors (Lipinski definition) is 4. The minimum Gasteiger partial charge on any atom is -0.469 e. The number of hydrogen-bond donors (Lipinski definition) is 0. The van der Waals surface area contributed by atoms with Crippen molar-refractivity contribution in [3.05, 3.63) is 23.3 Å². The molecule has 0 spiro atoms. The van der Waals surface area contributed by atoms with Crippen LogP contribution in [0, 0.1) is 17.3 Å². The molecule has 1 saturated heterocycles. The highest BCUT2D eigenvalue weighted by molar-refractivity contribution is 5.72. The van der Waals surface area contributed by atoms with Gasteiger partial charge in [0.15, 0.2) is 0 Å². The fourth-order valence-electron chi connectivity index (χ4n) is 4.82. The summed E-state index contributed by atoms with van der Waals surface area (Å²) >= 11 is 0. The van der Waals surface area contributed by atoms with Gasteiger partial charge in [-0.25, -0.2) is 9.78 Å².